The number of fused-ring (bicyclic) bond motifs is 7. The molecule has 206 valence electrons. The predicted octanol–water partition coefficient (Wildman–Crippen LogP) is 6.48. The number of amides is 1. The summed E-state index contributed by atoms with van der Waals surface area (Å²) < 4.78 is 0. The van der Waals surface area contributed by atoms with Gasteiger partial charge in [-0.2, -0.15) is 5.26 Å². The normalized spacial score (nSPS) is 44.8. The van der Waals surface area contributed by atoms with Crippen LogP contribution in [-0.2, 0) is 14.4 Å². The van der Waals surface area contributed by atoms with Crippen molar-refractivity contribution in [1.82, 2.24) is 5.32 Å². The quantitative estimate of drug-likeness (QED) is 0.453. The number of carbonyl (C=O) groups is 3. The lowest BCUT2D eigenvalue weighted by atomic mass is 9.35. The van der Waals surface area contributed by atoms with Gasteiger partial charge in [0.05, 0.1) is 5.57 Å². The largest absolute Gasteiger partial charge is 0.350 e. The SMILES string of the molecule is CCC(=O)N[C@]12CCC(C)(C)CC1[C@H]1C(=O)C=C3[C@@]4(C)C=C(C#N)C(=O)C(C)(C)C4CC[C@@]3(C)[C@]1(C)CC2. The molecule has 3 fully saturated rings. The smallest absolute Gasteiger partial charge is 0.220 e. The van der Waals surface area contributed by atoms with Gasteiger partial charge in [-0.1, -0.05) is 67.0 Å². The van der Waals surface area contributed by atoms with Gasteiger partial charge in [0.2, 0.25) is 5.91 Å². The molecule has 5 aliphatic rings. The van der Waals surface area contributed by atoms with Gasteiger partial charge in [0, 0.05) is 28.7 Å². The van der Waals surface area contributed by atoms with Crippen LogP contribution in [0.2, 0.25) is 0 Å². The molecule has 3 saturated carbocycles. The number of nitrogens with one attached hydrogen (secondary N) is 1. The minimum atomic E-state index is -0.656. The van der Waals surface area contributed by atoms with E-state index in [0.29, 0.717) is 6.42 Å². The molecule has 0 spiro atoms. The van der Waals surface area contributed by atoms with E-state index in [1.807, 2.05) is 32.9 Å². The summed E-state index contributed by atoms with van der Waals surface area (Å²) in [4.78, 5) is 40.5. The standard InChI is InChI=1S/C33H46N2O3/c1-9-25(37)35-33-14-12-28(2,3)18-21(33)26-22(36)16-24-30(6)17-20(19-34)27(38)29(4,5)23(30)10-11-31(24,7)32(26,8)13-15-33/h16-17,21,23,26H,9-15,18H2,1-8H3,(H,35,37)/t21?,23?,26-,30-,31+,32+,33-/m0/s1. The summed E-state index contributed by atoms with van der Waals surface area (Å²) in [7, 11) is 0. The third-order valence-electron chi connectivity index (χ3n) is 12.6. The minimum absolute atomic E-state index is 0.0482. The van der Waals surface area contributed by atoms with Crippen LogP contribution in [0.25, 0.3) is 0 Å². The van der Waals surface area contributed by atoms with Crippen LogP contribution < -0.4 is 5.32 Å². The van der Waals surface area contributed by atoms with Crippen molar-refractivity contribution in [3.05, 3.63) is 23.3 Å². The fourth-order valence-electron chi connectivity index (χ4n) is 10.2. The zero-order valence-electron chi connectivity index (χ0n) is 24.7. The molecular formula is C33H46N2O3. The van der Waals surface area contributed by atoms with E-state index in [-0.39, 0.29) is 62.6 Å². The van der Waals surface area contributed by atoms with Crippen molar-refractivity contribution < 1.29 is 14.4 Å². The molecule has 0 saturated heterocycles. The molecule has 0 bridgehead atoms. The van der Waals surface area contributed by atoms with Crippen LogP contribution in [0.4, 0.5) is 0 Å². The number of nitriles is 1. The molecular weight excluding hydrogens is 472 g/mol. The first-order valence-electron chi connectivity index (χ1n) is 14.8. The Hall–Kier alpha value is -2.22. The Morgan fingerprint density at radius 1 is 1.03 bits per heavy atom. The van der Waals surface area contributed by atoms with Crippen LogP contribution in [0.1, 0.15) is 107 Å². The maximum atomic E-state index is 14.4. The monoisotopic (exact) mass is 518 g/mol. The number of allylic oxidation sites excluding steroid dienone is 4. The number of nitrogens with zero attached hydrogens (tertiary/aromatic N) is 1. The molecule has 7 atom stereocenters. The highest BCUT2D eigenvalue weighted by molar-refractivity contribution is 6.04. The summed E-state index contributed by atoms with van der Waals surface area (Å²) in [6.07, 6.45) is 10.8. The molecule has 0 aliphatic heterocycles. The molecule has 0 aromatic rings. The van der Waals surface area contributed by atoms with E-state index in [1.165, 1.54) is 0 Å². The van der Waals surface area contributed by atoms with Crippen molar-refractivity contribution >= 4 is 17.5 Å². The fourth-order valence-corrected chi connectivity index (χ4v) is 10.2. The van der Waals surface area contributed by atoms with Crippen LogP contribution in [0.5, 0.6) is 0 Å². The van der Waals surface area contributed by atoms with Crippen LogP contribution >= 0.6 is 0 Å². The first-order chi connectivity index (χ1) is 17.5. The number of rotatable bonds is 2. The molecule has 5 rings (SSSR count). The average molecular weight is 519 g/mol. The topological polar surface area (TPSA) is 87.0 Å². The zero-order valence-corrected chi connectivity index (χ0v) is 24.7. The van der Waals surface area contributed by atoms with E-state index in [2.05, 4.69) is 46.0 Å². The van der Waals surface area contributed by atoms with Crippen LogP contribution in [0, 0.1) is 56.2 Å². The first kappa shape index (κ1) is 27.4. The fraction of sp³-hybridized carbons (Fsp3) is 0.758. The summed E-state index contributed by atoms with van der Waals surface area (Å²) in [5, 5.41) is 13.4. The molecule has 5 heteroatoms. The summed E-state index contributed by atoms with van der Waals surface area (Å²) in [6, 6.07) is 2.19. The molecule has 1 N–H and O–H groups in total. The molecule has 0 aromatic heterocycles. The molecule has 5 aliphatic carbocycles. The Kier molecular flexibility index (Phi) is 5.87. The van der Waals surface area contributed by atoms with Crippen molar-refractivity contribution in [2.75, 3.05) is 0 Å². The first-order valence-corrected chi connectivity index (χ1v) is 14.8. The van der Waals surface area contributed by atoms with Gasteiger partial charge in [0.1, 0.15) is 6.07 Å². The van der Waals surface area contributed by atoms with E-state index in [9.17, 15) is 19.6 Å². The van der Waals surface area contributed by atoms with Crippen molar-refractivity contribution in [3.63, 3.8) is 0 Å². The van der Waals surface area contributed by atoms with Gasteiger partial charge in [-0.3, -0.25) is 14.4 Å². The van der Waals surface area contributed by atoms with Crippen LogP contribution in [-0.4, -0.2) is 23.0 Å². The van der Waals surface area contributed by atoms with Gasteiger partial charge >= 0.3 is 0 Å². The van der Waals surface area contributed by atoms with Crippen molar-refractivity contribution in [3.8, 4) is 6.07 Å². The third-order valence-corrected chi connectivity index (χ3v) is 12.6. The van der Waals surface area contributed by atoms with E-state index >= 15 is 0 Å². The lowest BCUT2D eigenvalue weighted by molar-refractivity contribution is -0.164. The zero-order chi connectivity index (χ0) is 28.1. The molecule has 1 amide bonds. The lowest BCUT2D eigenvalue weighted by Gasteiger charge is -2.69. The van der Waals surface area contributed by atoms with Crippen LogP contribution in [0.15, 0.2) is 23.3 Å². The second-order valence-electron chi connectivity index (χ2n) is 15.3. The van der Waals surface area contributed by atoms with Gasteiger partial charge in [-0.05, 0) is 79.1 Å². The second kappa shape index (κ2) is 8.15. The molecule has 0 radical (unpaired) electrons. The summed E-state index contributed by atoms with van der Waals surface area (Å²) in [5.41, 5.74) is -0.502. The number of hydrogen-bond acceptors (Lipinski definition) is 4. The van der Waals surface area contributed by atoms with E-state index in [0.717, 1.165) is 50.5 Å². The number of carbonyl (C=O) groups excluding carboxylic acids is 3. The number of hydrogen-bond donors (Lipinski definition) is 1. The van der Waals surface area contributed by atoms with Crippen molar-refractivity contribution in [2.45, 2.75) is 112 Å². The van der Waals surface area contributed by atoms with E-state index in [1.54, 1.807) is 0 Å². The Balaban J connectivity index is 1.68. The summed E-state index contributed by atoms with van der Waals surface area (Å²) in [6.45, 7) is 17.3. The molecule has 0 aromatic carbocycles. The van der Waals surface area contributed by atoms with E-state index in [4.69, 9.17) is 0 Å². The third kappa shape index (κ3) is 3.37. The lowest BCUT2D eigenvalue weighted by Crippen LogP contribution is -2.69. The Bertz CT molecular complexity index is 1220. The maximum absolute atomic E-state index is 14.4. The van der Waals surface area contributed by atoms with Crippen LogP contribution in [0.3, 0.4) is 0 Å². The van der Waals surface area contributed by atoms with Crippen molar-refractivity contribution in [2.24, 2.45) is 44.8 Å². The highest BCUT2D eigenvalue weighted by Crippen LogP contribution is 2.73. The highest BCUT2D eigenvalue weighted by Gasteiger charge is 2.70. The molecule has 38 heavy (non-hydrogen) atoms. The molecule has 5 nitrogen and oxygen atoms in total. The Morgan fingerprint density at radius 3 is 2.32 bits per heavy atom. The van der Waals surface area contributed by atoms with E-state index < -0.39 is 10.8 Å². The maximum Gasteiger partial charge on any atom is 0.220 e. The minimum Gasteiger partial charge on any atom is -0.350 e. The summed E-state index contributed by atoms with van der Waals surface area (Å²) in [5.74, 6) is 0.187. The average Bonchev–Trinajstić information content (AvgIpc) is 2.83. The van der Waals surface area contributed by atoms with Gasteiger partial charge < -0.3 is 5.32 Å². The highest BCUT2D eigenvalue weighted by atomic mass is 16.2. The predicted molar refractivity (Wildman–Crippen MR) is 148 cm³/mol. The van der Waals surface area contributed by atoms with Crippen molar-refractivity contribution in [1.29, 1.82) is 5.26 Å². The van der Waals surface area contributed by atoms with Gasteiger partial charge in [-0.15, -0.1) is 0 Å². The molecule has 2 unspecified atom stereocenters. The van der Waals surface area contributed by atoms with Gasteiger partial charge in [0.25, 0.3) is 0 Å². The van der Waals surface area contributed by atoms with Gasteiger partial charge in [0.15, 0.2) is 11.6 Å². The number of Topliss-reactive ketones (excluding diaryl/α,β-unsaturated/α-hetero) is 1. The Morgan fingerprint density at radius 2 is 1.68 bits per heavy atom. The number of ketones is 2. The molecule has 0 heterocycles. The van der Waals surface area contributed by atoms with Gasteiger partial charge in [-0.25, -0.2) is 0 Å². The second-order valence-corrected chi connectivity index (χ2v) is 15.3. The Labute approximate surface area is 228 Å². The summed E-state index contributed by atoms with van der Waals surface area (Å²) >= 11 is 0.